The average Bonchev–Trinajstić information content (AvgIpc) is 1.84. The Morgan fingerprint density at radius 1 is 1.75 bits per heavy atom. The van der Waals surface area contributed by atoms with E-state index in [1.807, 2.05) is 0 Å². The van der Waals surface area contributed by atoms with Gasteiger partial charge in [0.25, 0.3) is 0 Å². The smallest absolute Gasteiger partial charge is 0.437 e. The summed E-state index contributed by atoms with van der Waals surface area (Å²) in [6, 6.07) is 0. The summed E-state index contributed by atoms with van der Waals surface area (Å²) in [7, 11) is 1.28. The van der Waals surface area contributed by atoms with Gasteiger partial charge in [-0.25, -0.2) is 0 Å². The first kappa shape index (κ1) is 6.76. The lowest BCUT2D eigenvalue weighted by atomic mass is 10.6. The van der Waals surface area contributed by atoms with Gasteiger partial charge in [0.15, 0.2) is 4.98 Å². The number of aliphatic hydroxyl groups excluding tert-OH is 1. The van der Waals surface area contributed by atoms with Gasteiger partial charge in [-0.1, -0.05) is 0 Å². The first-order valence-corrected chi connectivity index (χ1v) is 2.01. The zero-order chi connectivity index (χ0) is 6.57. The van der Waals surface area contributed by atoms with Crippen LogP contribution in [0.3, 0.4) is 0 Å². The molecule has 0 radical (unpaired) electrons. The largest absolute Gasteiger partial charge is 0.475 e. The van der Waals surface area contributed by atoms with E-state index in [1.165, 1.54) is 14.0 Å². The van der Waals surface area contributed by atoms with E-state index < -0.39 is 0 Å². The predicted molar refractivity (Wildman–Crippen MR) is 27.4 cm³/mol. The van der Waals surface area contributed by atoms with Crippen molar-refractivity contribution in [2.24, 2.45) is 0 Å². The topological polar surface area (TPSA) is 57.6 Å². The first-order valence-electron chi connectivity index (χ1n) is 2.01. The molecule has 0 spiro atoms. The van der Waals surface area contributed by atoms with Gasteiger partial charge in [0.1, 0.15) is 0 Å². The Bertz CT molecular complexity index is 145. The lowest BCUT2D eigenvalue weighted by molar-refractivity contribution is 0.132. The van der Waals surface area contributed by atoms with Crippen molar-refractivity contribution < 1.29 is 9.84 Å². The lowest BCUT2D eigenvalue weighted by Crippen LogP contribution is -1.85. The molecule has 0 atom stereocenters. The molecule has 0 rings (SSSR count). The second kappa shape index (κ2) is 2.86. The van der Waals surface area contributed by atoms with Crippen LogP contribution in [0.2, 0.25) is 0 Å². The quantitative estimate of drug-likeness (QED) is 0.413. The molecule has 0 unspecified atom stereocenters. The minimum absolute atomic E-state index is 0.0625. The van der Waals surface area contributed by atoms with E-state index in [0.717, 1.165) is 0 Å². The summed E-state index contributed by atoms with van der Waals surface area (Å²) in [5.41, 5.74) is 0.0625. The third kappa shape index (κ3) is 1.47. The van der Waals surface area contributed by atoms with Crippen LogP contribution in [0.1, 0.15) is 6.92 Å². The second-order valence-corrected chi connectivity index (χ2v) is 1.19. The first-order chi connectivity index (χ1) is 3.72. The number of nitrogens with zero attached hydrogens (tertiary/aromatic N) is 2. The SMILES string of the molecule is CO/C(O)=C(\C)[N+]#N. The van der Waals surface area contributed by atoms with E-state index in [9.17, 15) is 0 Å². The molecule has 1 N–H and O–H groups in total. The number of ether oxygens (including phenoxy) is 1. The summed E-state index contributed by atoms with van der Waals surface area (Å²) in [6.07, 6.45) is 0. The monoisotopic (exact) mass is 115 g/mol. The zero-order valence-electron chi connectivity index (χ0n) is 4.75. The highest BCUT2D eigenvalue weighted by molar-refractivity contribution is 5.04. The van der Waals surface area contributed by atoms with Gasteiger partial charge >= 0.3 is 11.6 Å². The van der Waals surface area contributed by atoms with Crippen molar-refractivity contribution in [1.82, 2.24) is 0 Å². The summed E-state index contributed by atoms with van der Waals surface area (Å²) >= 11 is 0. The number of hydrogen-bond donors (Lipinski definition) is 1. The molecule has 0 aliphatic rings. The molecule has 44 valence electrons. The average molecular weight is 115 g/mol. The number of rotatable bonds is 1. The van der Waals surface area contributed by atoms with E-state index in [4.69, 9.17) is 10.5 Å². The third-order valence-corrected chi connectivity index (χ3v) is 0.653. The third-order valence-electron chi connectivity index (χ3n) is 0.653. The van der Waals surface area contributed by atoms with Crippen LogP contribution in [0.4, 0.5) is 0 Å². The van der Waals surface area contributed by atoms with Crippen molar-refractivity contribution in [3.05, 3.63) is 16.6 Å². The predicted octanol–water partition coefficient (Wildman–Crippen LogP) is 1.23. The molecular weight excluding hydrogens is 108 g/mol. The van der Waals surface area contributed by atoms with E-state index in [0.29, 0.717) is 0 Å². The Balaban J connectivity index is 4.10. The van der Waals surface area contributed by atoms with Crippen molar-refractivity contribution >= 4 is 0 Å². The molecule has 0 aliphatic heterocycles. The van der Waals surface area contributed by atoms with E-state index in [1.54, 1.807) is 0 Å². The molecule has 0 aliphatic carbocycles. The van der Waals surface area contributed by atoms with Gasteiger partial charge in [-0.05, 0) is 0 Å². The number of aliphatic hydroxyl groups is 1. The maximum atomic E-state index is 8.53. The van der Waals surface area contributed by atoms with E-state index in [2.05, 4.69) is 9.71 Å². The van der Waals surface area contributed by atoms with Crippen LogP contribution in [0, 0.1) is 5.39 Å². The fourth-order valence-electron chi connectivity index (χ4n) is 0.190. The number of methoxy groups -OCH3 is 1. The van der Waals surface area contributed by atoms with Crippen molar-refractivity contribution in [3.8, 4) is 0 Å². The molecule has 0 aromatic rings. The molecule has 0 aromatic carbocycles. The van der Waals surface area contributed by atoms with Crippen LogP contribution in [0.25, 0.3) is 4.98 Å². The summed E-state index contributed by atoms with van der Waals surface area (Å²) < 4.78 is 4.28. The summed E-state index contributed by atoms with van der Waals surface area (Å²) in [6.45, 7) is 1.42. The summed E-state index contributed by atoms with van der Waals surface area (Å²) in [4.78, 5) is 2.66. The number of allylic oxidation sites excluding steroid dienone is 1. The Morgan fingerprint density at radius 2 is 2.25 bits per heavy atom. The maximum absolute atomic E-state index is 8.53. The van der Waals surface area contributed by atoms with Gasteiger partial charge in [-0.2, -0.15) is 0 Å². The highest BCUT2D eigenvalue weighted by Crippen LogP contribution is 2.00. The molecule has 8 heavy (non-hydrogen) atoms. The van der Waals surface area contributed by atoms with E-state index in [-0.39, 0.29) is 11.6 Å². The van der Waals surface area contributed by atoms with E-state index >= 15 is 0 Å². The van der Waals surface area contributed by atoms with Crippen molar-refractivity contribution in [3.63, 3.8) is 0 Å². The fraction of sp³-hybridized carbons (Fsp3) is 0.500. The lowest BCUT2D eigenvalue weighted by Gasteiger charge is -1.87. The second-order valence-electron chi connectivity index (χ2n) is 1.19. The van der Waals surface area contributed by atoms with Crippen LogP contribution in [-0.2, 0) is 4.74 Å². The van der Waals surface area contributed by atoms with Gasteiger partial charge in [0, 0.05) is 0 Å². The number of diazo groups is 1. The highest BCUT2D eigenvalue weighted by Gasteiger charge is 2.10. The summed E-state index contributed by atoms with van der Waals surface area (Å²) in [5, 5.41) is 16.5. The van der Waals surface area contributed by atoms with Crippen LogP contribution < -0.4 is 0 Å². The molecule has 0 aromatic heterocycles. The number of hydrogen-bond acceptors (Lipinski definition) is 3. The Morgan fingerprint density at radius 3 is 2.38 bits per heavy atom. The van der Waals surface area contributed by atoms with Crippen molar-refractivity contribution in [2.75, 3.05) is 7.11 Å². The van der Waals surface area contributed by atoms with Crippen LogP contribution >= 0.6 is 0 Å². The minimum atomic E-state index is -0.368. The summed E-state index contributed by atoms with van der Waals surface area (Å²) in [5.74, 6) is -0.368. The molecule has 4 nitrogen and oxygen atoms in total. The Kier molecular flexibility index (Phi) is 2.41. The molecule has 0 fully saturated rings. The van der Waals surface area contributed by atoms with Crippen molar-refractivity contribution in [1.29, 1.82) is 5.39 Å². The highest BCUT2D eigenvalue weighted by atomic mass is 16.6. The van der Waals surface area contributed by atoms with Crippen LogP contribution in [-0.4, -0.2) is 12.2 Å². The van der Waals surface area contributed by atoms with Crippen LogP contribution in [0.5, 0.6) is 0 Å². The van der Waals surface area contributed by atoms with Gasteiger partial charge in [0.05, 0.1) is 14.0 Å². The molecule has 0 bridgehead atoms. The van der Waals surface area contributed by atoms with Crippen LogP contribution in [0.15, 0.2) is 11.6 Å². The maximum Gasteiger partial charge on any atom is 0.437 e. The van der Waals surface area contributed by atoms with Gasteiger partial charge in [-0.15, -0.1) is 0 Å². The Labute approximate surface area is 47.0 Å². The minimum Gasteiger partial charge on any atom is -0.475 e. The van der Waals surface area contributed by atoms with Gasteiger partial charge in [0.2, 0.25) is 5.39 Å². The van der Waals surface area contributed by atoms with Crippen molar-refractivity contribution in [2.45, 2.75) is 6.92 Å². The molecule has 4 heteroatoms. The van der Waals surface area contributed by atoms with Gasteiger partial charge in [-0.3, -0.25) is 0 Å². The molecular formula is C4H7N2O2+. The standard InChI is InChI=1S/C4H6N2O2/c1-3(6-5)4(7)8-2/h1-2H3/p+1/b4-3+. The molecule has 0 heterocycles. The van der Waals surface area contributed by atoms with Gasteiger partial charge < -0.3 is 9.84 Å². The molecule has 0 saturated carbocycles. The molecule has 0 amide bonds. The normalized spacial score (nSPS) is 11.6. The Hall–Kier alpha value is -1.24. The molecule has 0 saturated heterocycles. The fourth-order valence-corrected chi connectivity index (χ4v) is 0.190. The zero-order valence-corrected chi connectivity index (χ0v) is 4.75.